The summed E-state index contributed by atoms with van der Waals surface area (Å²) >= 11 is 0. The maximum absolute atomic E-state index is 12.4. The van der Waals surface area contributed by atoms with Crippen molar-refractivity contribution < 1.29 is 38.4 Å². The van der Waals surface area contributed by atoms with E-state index in [-0.39, 0.29) is 12.2 Å². The lowest BCUT2D eigenvalue weighted by molar-refractivity contribution is -0.170. The molecular formula is C21H20O8. The molecule has 1 aliphatic rings. The SMILES string of the molecule is CC(=O)O[C@@H]1[C@H](OC(=O)c2ccccc2)[C@@H](COC(=O)c2ccccc2)O[C@@H]1O. The molecule has 1 aliphatic heterocycles. The van der Waals surface area contributed by atoms with Crippen molar-refractivity contribution in [3.8, 4) is 0 Å². The van der Waals surface area contributed by atoms with Crippen LogP contribution < -0.4 is 0 Å². The molecule has 1 saturated heterocycles. The van der Waals surface area contributed by atoms with Crippen LogP contribution >= 0.6 is 0 Å². The molecule has 4 atom stereocenters. The van der Waals surface area contributed by atoms with Crippen molar-refractivity contribution in [2.24, 2.45) is 0 Å². The highest BCUT2D eigenvalue weighted by Gasteiger charge is 2.49. The van der Waals surface area contributed by atoms with E-state index in [0.717, 1.165) is 6.92 Å². The third-order valence-electron chi connectivity index (χ3n) is 4.23. The zero-order valence-corrected chi connectivity index (χ0v) is 15.6. The molecule has 0 radical (unpaired) electrons. The highest BCUT2D eigenvalue weighted by molar-refractivity contribution is 5.90. The molecule has 1 N–H and O–H groups in total. The molecule has 0 aliphatic carbocycles. The zero-order valence-electron chi connectivity index (χ0n) is 15.6. The van der Waals surface area contributed by atoms with Crippen LogP contribution in [0.5, 0.6) is 0 Å². The Morgan fingerprint density at radius 1 is 0.862 bits per heavy atom. The Labute approximate surface area is 167 Å². The van der Waals surface area contributed by atoms with Gasteiger partial charge in [0.15, 0.2) is 18.5 Å². The highest BCUT2D eigenvalue weighted by Crippen LogP contribution is 2.27. The van der Waals surface area contributed by atoms with Crippen LogP contribution in [0.25, 0.3) is 0 Å². The summed E-state index contributed by atoms with van der Waals surface area (Å²) in [4.78, 5) is 36.0. The lowest BCUT2D eigenvalue weighted by Gasteiger charge is -2.22. The number of hydrogen-bond donors (Lipinski definition) is 1. The third-order valence-corrected chi connectivity index (χ3v) is 4.23. The second-order valence-electron chi connectivity index (χ2n) is 6.34. The number of aliphatic hydroxyl groups is 1. The van der Waals surface area contributed by atoms with Crippen LogP contribution in [0.3, 0.4) is 0 Å². The van der Waals surface area contributed by atoms with E-state index in [1.54, 1.807) is 60.7 Å². The normalized spacial score (nSPS) is 23.2. The Morgan fingerprint density at radius 3 is 1.97 bits per heavy atom. The maximum Gasteiger partial charge on any atom is 0.338 e. The fraction of sp³-hybridized carbons (Fsp3) is 0.286. The van der Waals surface area contributed by atoms with E-state index in [1.165, 1.54) is 0 Å². The van der Waals surface area contributed by atoms with Gasteiger partial charge in [-0.1, -0.05) is 36.4 Å². The van der Waals surface area contributed by atoms with Gasteiger partial charge < -0.3 is 24.1 Å². The van der Waals surface area contributed by atoms with E-state index in [9.17, 15) is 19.5 Å². The van der Waals surface area contributed by atoms with Crippen molar-refractivity contribution in [3.05, 3.63) is 71.8 Å². The summed E-state index contributed by atoms with van der Waals surface area (Å²) < 4.78 is 21.1. The van der Waals surface area contributed by atoms with Gasteiger partial charge in [0.05, 0.1) is 11.1 Å². The van der Waals surface area contributed by atoms with Crippen LogP contribution in [0.15, 0.2) is 60.7 Å². The summed E-state index contributed by atoms with van der Waals surface area (Å²) in [6.45, 7) is 0.848. The second-order valence-corrected chi connectivity index (χ2v) is 6.34. The van der Waals surface area contributed by atoms with E-state index in [0.29, 0.717) is 5.56 Å². The smallest absolute Gasteiger partial charge is 0.338 e. The molecule has 2 aromatic rings. The molecular weight excluding hydrogens is 380 g/mol. The monoisotopic (exact) mass is 400 g/mol. The summed E-state index contributed by atoms with van der Waals surface area (Å²) in [5.74, 6) is -1.97. The first kappa shape index (κ1) is 20.5. The Balaban J connectivity index is 1.72. The van der Waals surface area contributed by atoms with Crippen molar-refractivity contribution in [3.63, 3.8) is 0 Å². The van der Waals surface area contributed by atoms with Gasteiger partial charge in [0, 0.05) is 6.92 Å². The number of carbonyl (C=O) groups is 3. The fourth-order valence-electron chi connectivity index (χ4n) is 2.88. The minimum atomic E-state index is -1.53. The molecule has 1 fully saturated rings. The van der Waals surface area contributed by atoms with Crippen LogP contribution in [0.2, 0.25) is 0 Å². The average molecular weight is 400 g/mol. The Kier molecular flexibility index (Phi) is 6.58. The van der Waals surface area contributed by atoms with Gasteiger partial charge in [0.25, 0.3) is 0 Å². The number of esters is 3. The quantitative estimate of drug-likeness (QED) is 0.577. The average Bonchev–Trinajstić information content (AvgIpc) is 3.01. The Bertz CT molecular complexity index is 851. The van der Waals surface area contributed by atoms with Gasteiger partial charge in [-0.05, 0) is 24.3 Å². The first-order valence-corrected chi connectivity index (χ1v) is 8.94. The summed E-state index contributed by atoms with van der Waals surface area (Å²) in [5.41, 5.74) is 0.607. The first-order valence-electron chi connectivity index (χ1n) is 8.94. The predicted octanol–water partition coefficient (Wildman–Crippen LogP) is 1.72. The van der Waals surface area contributed by atoms with Gasteiger partial charge in [0.1, 0.15) is 12.7 Å². The summed E-state index contributed by atoms with van der Waals surface area (Å²) in [5, 5.41) is 10.1. The summed E-state index contributed by atoms with van der Waals surface area (Å²) in [7, 11) is 0. The first-order chi connectivity index (χ1) is 14.0. The molecule has 2 aromatic carbocycles. The molecule has 152 valence electrons. The fourth-order valence-corrected chi connectivity index (χ4v) is 2.88. The number of ether oxygens (including phenoxy) is 4. The molecule has 0 bridgehead atoms. The molecule has 0 saturated carbocycles. The number of rotatable bonds is 6. The van der Waals surface area contributed by atoms with E-state index in [1.807, 2.05) is 0 Å². The molecule has 0 amide bonds. The van der Waals surface area contributed by atoms with E-state index >= 15 is 0 Å². The van der Waals surface area contributed by atoms with Gasteiger partial charge in [-0.3, -0.25) is 4.79 Å². The van der Waals surface area contributed by atoms with Crippen LogP contribution in [-0.2, 0) is 23.7 Å². The van der Waals surface area contributed by atoms with Gasteiger partial charge in [0.2, 0.25) is 0 Å². The lowest BCUT2D eigenvalue weighted by atomic mass is 10.1. The van der Waals surface area contributed by atoms with E-state index in [4.69, 9.17) is 18.9 Å². The Hall–Kier alpha value is -3.23. The predicted molar refractivity (Wildman–Crippen MR) is 98.8 cm³/mol. The van der Waals surface area contributed by atoms with Crippen molar-refractivity contribution in [1.29, 1.82) is 0 Å². The summed E-state index contributed by atoms with van der Waals surface area (Å²) in [6.07, 6.45) is -4.96. The van der Waals surface area contributed by atoms with E-state index < -0.39 is 42.5 Å². The highest BCUT2D eigenvalue weighted by atomic mass is 16.7. The van der Waals surface area contributed by atoms with Crippen molar-refractivity contribution in [2.75, 3.05) is 6.61 Å². The molecule has 0 aromatic heterocycles. The van der Waals surface area contributed by atoms with Crippen molar-refractivity contribution in [1.82, 2.24) is 0 Å². The Morgan fingerprint density at radius 2 is 1.41 bits per heavy atom. The molecule has 0 unspecified atom stereocenters. The molecule has 8 nitrogen and oxygen atoms in total. The maximum atomic E-state index is 12.4. The molecule has 1 heterocycles. The number of carbonyl (C=O) groups excluding carboxylic acids is 3. The zero-order chi connectivity index (χ0) is 20.8. The molecule has 0 spiro atoms. The molecule has 8 heteroatoms. The van der Waals surface area contributed by atoms with E-state index in [2.05, 4.69) is 0 Å². The van der Waals surface area contributed by atoms with Gasteiger partial charge in [-0.2, -0.15) is 0 Å². The van der Waals surface area contributed by atoms with Gasteiger partial charge in [-0.15, -0.1) is 0 Å². The lowest BCUT2D eigenvalue weighted by Crippen LogP contribution is -2.41. The summed E-state index contributed by atoms with van der Waals surface area (Å²) in [6, 6.07) is 16.5. The van der Waals surface area contributed by atoms with Crippen LogP contribution in [0.1, 0.15) is 27.6 Å². The van der Waals surface area contributed by atoms with Crippen molar-refractivity contribution >= 4 is 17.9 Å². The molecule has 3 rings (SSSR count). The largest absolute Gasteiger partial charge is 0.459 e. The number of aliphatic hydroxyl groups excluding tert-OH is 1. The van der Waals surface area contributed by atoms with Crippen LogP contribution in [-0.4, -0.2) is 54.2 Å². The third kappa shape index (κ3) is 5.18. The topological polar surface area (TPSA) is 108 Å². The second kappa shape index (κ2) is 9.31. The molecule has 29 heavy (non-hydrogen) atoms. The van der Waals surface area contributed by atoms with Gasteiger partial charge >= 0.3 is 17.9 Å². The minimum Gasteiger partial charge on any atom is -0.459 e. The van der Waals surface area contributed by atoms with Crippen LogP contribution in [0, 0.1) is 0 Å². The minimum absolute atomic E-state index is 0.274. The van der Waals surface area contributed by atoms with Gasteiger partial charge in [-0.25, -0.2) is 9.59 Å². The number of hydrogen-bond acceptors (Lipinski definition) is 8. The standard InChI is InChI=1S/C21H20O8/c1-13(22)27-18-17(29-20(24)15-10-6-3-7-11-15)16(28-21(18)25)12-26-19(23)14-8-4-2-5-9-14/h2-11,16-18,21,25H,12H2,1H3/t16-,17-,18-,21+/m1/s1. The van der Waals surface area contributed by atoms with Crippen LogP contribution in [0.4, 0.5) is 0 Å². The van der Waals surface area contributed by atoms with Crippen molar-refractivity contribution in [2.45, 2.75) is 31.5 Å². The number of benzene rings is 2.